The zero-order valence-corrected chi connectivity index (χ0v) is 32.5. The fourth-order valence-corrected chi connectivity index (χ4v) is 9.62. The van der Waals surface area contributed by atoms with Crippen LogP contribution in [0.25, 0.3) is 0 Å². The molecule has 8 rings (SSSR count). The number of hydrogen-bond donors (Lipinski definition) is 0. The van der Waals surface area contributed by atoms with Crippen molar-refractivity contribution in [3.8, 4) is 0 Å². The van der Waals surface area contributed by atoms with Crippen LogP contribution in [0, 0.1) is 16.7 Å². The van der Waals surface area contributed by atoms with Gasteiger partial charge in [-0.25, -0.2) is 0 Å². The molecular formula is C45H48Cl2N2O3. The average Bonchev–Trinajstić information content (AvgIpc) is 3.45. The first-order valence-corrected chi connectivity index (χ1v) is 19.7. The molecule has 0 amide bonds. The van der Waals surface area contributed by atoms with E-state index in [9.17, 15) is 14.4 Å². The van der Waals surface area contributed by atoms with Gasteiger partial charge in [-0.05, 0) is 89.8 Å². The van der Waals surface area contributed by atoms with Crippen molar-refractivity contribution >= 4 is 63.3 Å². The third-order valence-electron chi connectivity index (χ3n) is 12.5. The third-order valence-corrected chi connectivity index (χ3v) is 13.2. The second-order valence-electron chi connectivity index (χ2n) is 15.6. The van der Waals surface area contributed by atoms with Crippen LogP contribution >= 0.6 is 23.2 Å². The van der Waals surface area contributed by atoms with Crippen LogP contribution in [0.3, 0.4) is 0 Å². The smallest absolute Gasteiger partial charge is 0.205 e. The van der Waals surface area contributed by atoms with Crippen molar-refractivity contribution in [1.82, 2.24) is 0 Å². The van der Waals surface area contributed by atoms with Gasteiger partial charge in [0.05, 0.1) is 10.0 Å². The van der Waals surface area contributed by atoms with E-state index in [1.165, 1.54) is 22.5 Å². The number of carbonyl (C=O) groups is 3. The zero-order valence-electron chi connectivity index (χ0n) is 31.0. The van der Waals surface area contributed by atoms with Crippen LogP contribution < -0.4 is 9.80 Å². The Balaban J connectivity index is 0.000000295. The van der Waals surface area contributed by atoms with Crippen molar-refractivity contribution in [1.29, 1.82) is 0 Å². The minimum absolute atomic E-state index is 0.00926. The van der Waals surface area contributed by atoms with Gasteiger partial charge in [0.15, 0.2) is 5.78 Å². The first-order chi connectivity index (χ1) is 24.9. The van der Waals surface area contributed by atoms with E-state index in [-0.39, 0.29) is 34.1 Å². The summed E-state index contributed by atoms with van der Waals surface area (Å²) in [5.74, 6) is -0.319. The Hall–Kier alpha value is -3.93. The van der Waals surface area contributed by atoms with Crippen LogP contribution in [0.2, 0.25) is 10.0 Å². The molecule has 2 unspecified atom stereocenters. The Morgan fingerprint density at radius 2 is 1.15 bits per heavy atom. The van der Waals surface area contributed by atoms with E-state index in [1.807, 2.05) is 32.9 Å². The van der Waals surface area contributed by atoms with Gasteiger partial charge < -0.3 is 9.80 Å². The quantitative estimate of drug-likeness (QED) is 0.133. The molecule has 2 aliphatic carbocycles. The molecule has 4 aromatic carbocycles. The molecule has 270 valence electrons. The molecule has 0 saturated heterocycles. The Kier molecular flexibility index (Phi) is 9.90. The fourth-order valence-electron chi connectivity index (χ4n) is 9.09. The summed E-state index contributed by atoms with van der Waals surface area (Å²) in [5.41, 5.74) is 9.65. The SMILES string of the molecule is CC12CCC(C(=O)C1=O)C2(C)C.CCCCN1c2ccccc2Cc2c1ccc(Cl)c2C(=O)c1c(Cl)ccc2c1Cc1ccccc1N2CCCC. The van der Waals surface area contributed by atoms with Crippen LogP contribution in [0.4, 0.5) is 22.7 Å². The summed E-state index contributed by atoms with van der Waals surface area (Å²) in [6, 6.07) is 24.9. The van der Waals surface area contributed by atoms with Crippen LogP contribution in [-0.2, 0) is 22.4 Å². The number of anilines is 4. The second kappa shape index (κ2) is 14.1. The number of para-hydroxylation sites is 2. The molecule has 5 nitrogen and oxygen atoms in total. The highest BCUT2D eigenvalue weighted by atomic mass is 35.5. The Bertz CT molecular complexity index is 1970. The summed E-state index contributed by atoms with van der Waals surface area (Å²) < 4.78 is 0. The summed E-state index contributed by atoms with van der Waals surface area (Å²) in [6.45, 7) is 12.2. The van der Waals surface area contributed by atoms with Crippen LogP contribution in [0.5, 0.6) is 0 Å². The molecule has 7 heteroatoms. The molecule has 0 radical (unpaired) electrons. The molecule has 2 bridgehead atoms. The lowest BCUT2D eigenvalue weighted by atomic mass is 9.70. The predicted octanol–water partition coefficient (Wildman–Crippen LogP) is 11.5. The van der Waals surface area contributed by atoms with Gasteiger partial charge in [0.25, 0.3) is 0 Å². The summed E-state index contributed by atoms with van der Waals surface area (Å²) in [4.78, 5) is 42.4. The number of unbranched alkanes of at least 4 members (excludes halogenated alkanes) is 2. The standard InChI is InChI=1S/C35H34Cl2N2O.C10H14O2/c1-3-5-19-38-29-13-9-7-11-23(29)21-25-31(38)17-15-27(36)33(25)35(40)34-26-22-24-12-8-10-14-30(24)39(20-6-4-2)32(26)18-16-28(34)37;1-9(2)6-4-5-10(9,3)8(12)7(6)11/h7-18H,3-6,19-22H2,1-2H3;6H,4-5H2,1-3H3. The lowest BCUT2D eigenvalue weighted by Gasteiger charge is -2.36. The number of halogens is 2. The van der Waals surface area contributed by atoms with Crippen molar-refractivity contribution in [2.45, 2.75) is 86.0 Å². The maximum Gasteiger partial charge on any atom is 0.205 e. The van der Waals surface area contributed by atoms with Crippen molar-refractivity contribution < 1.29 is 14.4 Å². The Morgan fingerprint density at radius 3 is 1.54 bits per heavy atom. The number of rotatable bonds is 8. The van der Waals surface area contributed by atoms with Gasteiger partial charge >= 0.3 is 0 Å². The lowest BCUT2D eigenvalue weighted by molar-refractivity contribution is -0.141. The average molecular weight is 736 g/mol. The number of hydrogen-bond acceptors (Lipinski definition) is 5. The van der Waals surface area contributed by atoms with E-state index < -0.39 is 0 Å². The molecular weight excluding hydrogens is 687 g/mol. The number of ketones is 3. The molecule has 2 atom stereocenters. The normalized spacial score (nSPS) is 20.5. The van der Waals surface area contributed by atoms with Crippen LogP contribution in [-0.4, -0.2) is 30.4 Å². The van der Waals surface area contributed by atoms with E-state index in [0.717, 1.165) is 74.1 Å². The predicted molar refractivity (Wildman–Crippen MR) is 213 cm³/mol. The molecule has 4 aromatic rings. The van der Waals surface area contributed by atoms with Gasteiger partial charge in [0.2, 0.25) is 11.6 Å². The van der Waals surface area contributed by atoms with E-state index >= 15 is 0 Å². The van der Waals surface area contributed by atoms with Crippen molar-refractivity contribution in [3.05, 3.63) is 116 Å². The molecule has 4 aliphatic rings. The molecule has 0 spiro atoms. The summed E-state index contributed by atoms with van der Waals surface area (Å²) in [7, 11) is 0. The highest BCUT2D eigenvalue weighted by Gasteiger charge is 2.66. The van der Waals surface area contributed by atoms with Gasteiger partial charge in [-0.15, -0.1) is 0 Å². The number of benzene rings is 4. The van der Waals surface area contributed by atoms with Gasteiger partial charge in [-0.2, -0.15) is 0 Å². The molecule has 2 fully saturated rings. The summed E-state index contributed by atoms with van der Waals surface area (Å²) in [6.07, 6.45) is 7.44. The van der Waals surface area contributed by atoms with Crippen LogP contribution in [0.1, 0.15) is 111 Å². The van der Waals surface area contributed by atoms with Gasteiger partial charge in [-0.1, -0.05) is 107 Å². The highest BCUT2D eigenvalue weighted by molar-refractivity contribution is 6.43. The lowest BCUT2D eigenvalue weighted by Crippen LogP contribution is -2.33. The number of Topliss-reactive ketones (excluding diaryl/α,β-unsaturated/α-hetero) is 2. The molecule has 2 aliphatic heterocycles. The maximum absolute atomic E-state index is 14.7. The number of fused-ring (bicyclic) bond motifs is 6. The van der Waals surface area contributed by atoms with Gasteiger partial charge in [0.1, 0.15) is 0 Å². The number of carbonyl (C=O) groups excluding carboxylic acids is 3. The Labute approximate surface area is 318 Å². The molecule has 2 saturated carbocycles. The topological polar surface area (TPSA) is 57.7 Å². The third kappa shape index (κ3) is 5.80. The number of nitrogens with zero attached hydrogens (tertiary/aromatic N) is 2. The van der Waals surface area contributed by atoms with Crippen molar-refractivity contribution in [2.24, 2.45) is 16.7 Å². The highest BCUT2D eigenvalue weighted by Crippen LogP contribution is 2.62. The van der Waals surface area contributed by atoms with Crippen molar-refractivity contribution in [2.75, 3.05) is 22.9 Å². The second-order valence-corrected chi connectivity index (χ2v) is 16.4. The minimum Gasteiger partial charge on any atom is -0.341 e. The Morgan fingerprint density at radius 1 is 0.692 bits per heavy atom. The van der Waals surface area contributed by atoms with E-state index in [0.29, 0.717) is 34.0 Å². The minimum atomic E-state index is -0.352. The first kappa shape index (κ1) is 36.4. The van der Waals surface area contributed by atoms with Crippen molar-refractivity contribution in [3.63, 3.8) is 0 Å². The monoisotopic (exact) mass is 734 g/mol. The van der Waals surface area contributed by atoms with E-state index in [2.05, 4.69) is 84.3 Å². The largest absolute Gasteiger partial charge is 0.341 e. The first-order valence-electron chi connectivity index (χ1n) is 18.9. The van der Waals surface area contributed by atoms with E-state index in [4.69, 9.17) is 23.2 Å². The van der Waals surface area contributed by atoms with Crippen LogP contribution in [0.15, 0.2) is 72.8 Å². The molecule has 2 heterocycles. The van der Waals surface area contributed by atoms with Gasteiger partial charge in [-0.3, -0.25) is 14.4 Å². The molecule has 0 N–H and O–H groups in total. The van der Waals surface area contributed by atoms with Gasteiger partial charge in [0, 0.05) is 71.1 Å². The molecule has 0 aromatic heterocycles. The maximum atomic E-state index is 14.7. The fraction of sp³-hybridized carbons (Fsp3) is 0.400. The molecule has 52 heavy (non-hydrogen) atoms. The summed E-state index contributed by atoms with van der Waals surface area (Å²) in [5, 5.41) is 0.956. The zero-order chi connectivity index (χ0) is 36.9. The van der Waals surface area contributed by atoms with E-state index in [1.54, 1.807) is 0 Å². The summed E-state index contributed by atoms with van der Waals surface area (Å²) >= 11 is 13.8.